The van der Waals surface area contributed by atoms with Crippen LogP contribution >= 0.6 is 11.6 Å². The van der Waals surface area contributed by atoms with Gasteiger partial charge in [0.25, 0.3) is 0 Å². The van der Waals surface area contributed by atoms with Gasteiger partial charge in [0.2, 0.25) is 0 Å². The van der Waals surface area contributed by atoms with Crippen LogP contribution in [0.15, 0.2) is 18.2 Å². The monoisotopic (exact) mass is 272 g/mol. The van der Waals surface area contributed by atoms with Gasteiger partial charge >= 0.3 is 0 Å². The molecule has 18 heavy (non-hydrogen) atoms. The van der Waals surface area contributed by atoms with Gasteiger partial charge in [0.1, 0.15) is 11.6 Å². The Kier molecular flexibility index (Phi) is 4.60. The van der Waals surface area contributed by atoms with Crippen LogP contribution in [0.1, 0.15) is 38.2 Å². The molecule has 3 heteroatoms. The van der Waals surface area contributed by atoms with Crippen LogP contribution < -0.4 is 0 Å². The van der Waals surface area contributed by atoms with Crippen molar-refractivity contribution in [3.05, 3.63) is 35.4 Å². The Balaban J connectivity index is 2.00. The van der Waals surface area contributed by atoms with Crippen LogP contribution in [0.25, 0.3) is 0 Å². The molecule has 100 valence electrons. The molecule has 1 aliphatic carbocycles. The van der Waals surface area contributed by atoms with Crippen molar-refractivity contribution >= 4 is 11.6 Å². The van der Waals surface area contributed by atoms with Crippen LogP contribution in [0.2, 0.25) is 0 Å². The van der Waals surface area contributed by atoms with E-state index in [2.05, 4.69) is 6.92 Å². The molecule has 0 aliphatic heterocycles. The summed E-state index contributed by atoms with van der Waals surface area (Å²) in [5.74, 6) is 0.187. The number of hydrogen-bond acceptors (Lipinski definition) is 0. The Morgan fingerprint density at radius 3 is 2.28 bits per heavy atom. The fraction of sp³-hybridized carbons (Fsp3) is 0.600. The molecule has 1 aliphatic rings. The van der Waals surface area contributed by atoms with Crippen molar-refractivity contribution in [3.8, 4) is 0 Å². The number of benzene rings is 1. The van der Waals surface area contributed by atoms with Crippen molar-refractivity contribution in [2.45, 2.75) is 44.4 Å². The van der Waals surface area contributed by atoms with E-state index < -0.39 is 11.6 Å². The Labute approximate surface area is 112 Å². The first-order chi connectivity index (χ1) is 8.58. The highest BCUT2D eigenvalue weighted by atomic mass is 35.5. The lowest BCUT2D eigenvalue weighted by molar-refractivity contribution is 0.280. The van der Waals surface area contributed by atoms with Gasteiger partial charge in [-0.3, -0.25) is 0 Å². The SMILES string of the molecule is CC1CCC(C(Cl)Cc2c(F)cccc2F)CC1. The van der Waals surface area contributed by atoms with E-state index >= 15 is 0 Å². The summed E-state index contributed by atoms with van der Waals surface area (Å²) in [5, 5.41) is -0.163. The van der Waals surface area contributed by atoms with E-state index in [1.165, 1.54) is 31.0 Å². The lowest BCUT2D eigenvalue weighted by atomic mass is 9.80. The molecule has 1 atom stereocenters. The summed E-state index contributed by atoms with van der Waals surface area (Å²) in [5.41, 5.74) is 0.135. The van der Waals surface area contributed by atoms with Crippen LogP contribution in [-0.4, -0.2) is 5.38 Å². The average molecular weight is 273 g/mol. The number of halogens is 3. The predicted molar refractivity (Wildman–Crippen MR) is 70.8 cm³/mol. The standard InChI is InChI=1S/C15H19ClF2/c1-10-5-7-11(8-6-10)13(16)9-12-14(17)3-2-4-15(12)18/h2-4,10-11,13H,5-9H2,1H3. The molecular formula is C15H19ClF2. The minimum absolute atomic E-state index is 0.135. The van der Waals surface area contributed by atoms with E-state index in [4.69, 9.17) is 11.6 Å². The molecule has 1 unspecified atom stereocenters. The smallest absolute Gasteiger partial charge is 0.129 e. The van der Waals surface area contributed by atoms with E-state index in [1.807, 2.05) is 0 Å². The molecule has 0 radical (unpaired) electrons. The molecule has 0 nitrogen and oxygen atoms in total. The number of alkyl halides is 1. The molecule has 2 rings (SSSR count). The van der Waals surface area contributed by atoms with E-state index in [0.29, 0.717) is 12.3 Å². The molecular weight excluding hydrogens is 254 g/mol. The maximum Gasteiger partial charge on any atom is 0.129 e. The fourth-order valence-corrected chi connectivity index (χ4v) is 3.14. The first-order valence-electron chi connectivity index (χ1n) is 6.65. The van der Waals surface area contributed by atoms with Crippen LogP contribution in [0.4, 0.5) is 8.78 Å². The largest absolute Gasteiger partial charge is 0.207 e. The highest BCUT2D eigenvalue weighted by molar-refractivity contribution is 6.20. The summed E-state index contributed by atoms with van der Waals surface area (Å²) in [7, 11) is 0. The second-order valence-corrected chi connectivity index (χ2v) is 6.00. The summed E-state index contributed by atoms with van der Waals surface area (Å²) in [6.07, 6.45) is 4.79. The maximum absolute atomic E-state index is 13.5. The molecule has 0 bridgehead atoms. The second-order valence-electron chi connectivity index (χ2n) is 5.44. The molecule has 1 aromatic rings. The summed E-state index contributed by atoms with van der Waals surface area (Å²) >= 11 is 6.35. The van der Waals surface area contributed by atoms with E-state index in [1.54, 1.807) is 0 Å². The van der Waals surface area contributed by atoms with Gasteiger partial charge in [0, 0.05) is 10.9 Å². The van der Waals surface area contributed by atoms with Crippen LogP contribution in [0.3, 0.4) is 0 Å². The summed E-state index contributed by atoms with van der Waals surface area (Å²) < 4.78 is 27.1. The molecule has 1 saturated carbocycles. The van der Waals surface area contributed by atoms with Gasteiger partial charge in [-0.25, -0.2) is 8.78 Å². The minimum Gasteiger partial charge on any atom is -0.207 e. The topological polar surface area (TPSA) is 0 Å². The van der Waals surface area contributed by atoms with E-state index in [0.717, 1.165) is 18.8 Å². The Morgan fingerprint density at radius 1 is 1.17 bits per heavy atom. The zero-order valence-electron chi connectivity index (χ0n) is 10.6. The van der Waals surface area contributed by atoms with Gasteiger partial charge < -0.3 is 0 Å². The zero-order chi connectivity index (χ0) is 13.1. The minimum atomic E-state index is -0.482. The van der Waals surface area contributed by atoms with Crippen LogP contribution in [0.5, 0.6) is 0 Å². The van der Waals surface area contributed by atoms with Gasteiger partial charge in [0.15, 0.2) is 0 Å². The third-order valence-corrected chi connectivity index (χ3v) is 4.54. The van der Waals surface area contributed by atoms with Gasteiger partial charge in [0.05, 0.1) is 0 Å². The molecule has 0 N–H and O–H groups in total. The highest BCUT2D eigenvalue weighted by Gasteiger charge is 2.26. The van der Waals surface area contributed by atoms with Crippen LogP contribution in [0, 0.1) is 23.5 Å². The molecule has 0 aromatic heterocycles. The molecule has 0 heterocycles. The van der Waals surface area contributed by atoms with Gasteiger partial charge in [-0.05, 0) is 43.2 Å². The molecule has 0 spiro atoms. The number of rotatable bonds is 3. The van der Waals surface area contributed by atoms with Crippen molar-refractivity contribution < 1.29 is 8.78 Å². The zero-order valence-corrected chi connectivity index (χ0v) is 11.4. The van der Waals surface area contributed by atoms with Crippen molar-refractivity contribution in [1.82, 2.24) is 0 Å². The first-order valence-corrected chi connectivity index (χ1v) is 7.08. The van der Waals surface area contributed by atoms with Crippen molar-refractivity contribution in [3.63, 3.8) is 0 Å². The molecule has 1 fully saturated rings. The first kappa shape index (κ1) is 13.8. The van der Waals surface area contributed by atoms with Crippen molar-refractivity contribution in [2.24, 2.45) is 11.8 Å². The summed E-state index contributed by atoms with van der Waals surface area (Å²) in [6, 6.07) is 3.98. The molecule has 0 amide bonds. The number of hydrogen-bond donors (Lipinski definition) is 0. The van der Waals surface area contributed by atoms with E-state index in [9.17, 15) is 8.78 Å². The predicted octanol–water partition coefficient (Wildman–Crippen LogP) is 4.94. The van der Waals surface area contributed by atoms with Crippen molar-refractivity contribution in [2.75, 3.05) is 0 Å². The summed E-state index contributed by atoms with van der Waals surface area (Å²) in [6.45, 7) is 2.25. The van der Waals surface area contributed by atoms with Crippen molar-refractivity contribution in [1.29, 1.82) is 0 Å². The lowest BCUT2D eigenvalue weighted by Crippen LogP contribution is -2.23. The Bertz CT molecular complexity index is 377. The quantitative estimate of drug-likeness (QED) is 0.684. The Morgan fingerprint density at radius 2 is 1.72 bits per heavy atom. The van der Waals surface area contributed by atoms with Crippen LogP contribution in [-0.2, 0) is 6.42 Å². The van der Waals surface area contributed by atoms with Gasteiger partial charge in [-0.15, -0.1) is 11.6 Å². The fourth-order valence-electron chi connectivity index (χ4n) is 2.74. The summed E-state index contributed by atoms with van der Waals surface area (Å²) in [4.78, 5) is 0. The van der Waals surface area contributed by atoms with Gasteiger partial charge in [-0.2, -0.15) is 0 Å². The normalized spacial score (nSPS) is 26.0. The maximum atomic E-state index is 13.5. The highest BCUT2D eigenvalue weighted by Crippen LogP contribution is 2.34. The third kappa shape index (κ3) is 3.23. The molecule has 1 aromatic carbocycles. The second kappa shape index (κ2) is 6.01. The van der Waals surface area contributed by atoms with E-state index in [-0.39, 0.29) is 10.9 Å². The van der Waals surface area contributed by atoms with Gasteiger partial charge in [-0.1, -0.05) is 25.8 Å². The average Bonchev–Trinajstić information content (AvgIpc) is 2.34. The third-order valence-electron chi connectivity index (χ3n) is 4.03. The Hall–Kier alpha value is -0.630. The lowest BCUT2D eigenvalue weighted by Gasteiger charge is -2.29. The molecule has 0 saturated heterocycles.